The van der Waals surface area contributed by atoms with Crippen molar-refractivity contribution in [2.75, 3.05) is 26.0 Å². The van der Waals surface area contributed by atoms with E-state index in [1.807, 2.05) is 29.0 Å². The van der Waals surface area contributed by atoms with E-state index in [0.717, 1.165) is 40.1 Å². The van der Waals surface area contributed by atoms with Crippen LogP contribution in [0.2, 0.25) is 0 Å². The zero-order valence-electron chi connectivity index (χ0n) is 15.2. The first-order chi connectivity index (χ1) is 12.5. The number of benzene rings is 1. The highest BCUT2D eigenvalue weighted by atomic mass is 16.5. The van der Waals surface area contributed by atoms with Gasteiger partial charge in [0, 0.05) is 49.5 Å². The molecule has 26 heavy (non-hydrogen) atoms. The van der Waals surface area contributed by atoms with Gasteiger partial charge in [0.2, 0.25) is 5.91 Å². The quantitative estimate of drug-likeness (QED) is 0.785. The molecule has 1 N–H and O–H groups in total. The topological polar surface area (TPSA) is 59.4 Å². The molecule has 0 spiro atoms. The number of nitrogens with one attached hydrogen (secondary N) is 1. The Morgan fingerprint density at radius 2 is 2.15 bits per heavy atom. The lowest BCUT2D eigenvalue weighted by Crippen LogP contribution is -2.25. The lowest BCUT2D eigenvalue weighted by atomic mass is 10.1. The summed E-state index contributed by atoms with van der Waals surface area (Å²) in [6.45, 7) is 3.11. The Labute approximate surface area is 152 Å². The van der Waals surface area contributed by atoms with Crippen LogP contribution in [0, 0.1) is 6.92 Å². The Morgan fingerprint density at radius 1 is 1.31 bits per heavy atom. The molecule has 0 radical (unpaired) electrons. The summed E-state index contributed by atoms with van der Waals surface area (Å²) in [4.78, 5) is 18.2. The molecular formula is C20H22N4O2. The Balaban J connectivity index is 1.72. The van der Waals surface area contributed by atoms with Crippen molar-refractivity contribution in [3.63, 3.8) is 0 Å². The number of fused-ring (bicyclic) bond motifs is 2. The second kappa shape index (κ2) is 6.37. The van der Waals surface area contributed by atoms with Crippen LogP contribution in [0.4, 0.5) is 11.5 Å². The summed E-state index contributed by atoms with van der Waals surface area (Å²) < 4.78 is 7.64. The molecule has 134 valence electrons. The molecule has 1 aromatic carbocycles. The predicted octanol–water partition coefficient (Wildman–Crippen LogP) is 3.11. The van der Waals surface area contributed by atoms with E-state index in [9.17, 15) is 4.79 Å². The van der Waals surface area contributed by atoms with E-state index >= 15 is 0 Å². The molecular weight excluding hydrogens is 328 g/mol. The molecule has 1 amide bonds. The van der Waals surface area contributed by atoms with Crippen molar-refractivity contribution >= 4 is 28.3 Å². The minimum atomic E-state index is 0.0580. The predicted molar refractivity (Wildman–Crippen MR) is 102 cm³/mol. The normalized spacial score (nSPS) is 12.7. The zero-order chi connectivity index (χ0) is 18.3. The van der Waals surface area contributed by atoms with E-state index in [2.05, 4.69) is 23.3 Å². The van der Waals surface area contributed by atoms with Crippen molar-refractivity contribution in [3.05, 3.63) is 47.8 Å². The number of anilines is 2. The summed E-state index contributed by atoms with van der Waals surface area (Å²) in [5, 5.41) is 4.50. The molecule has 0 atom stereocenters. The zero-order valence-corrected chi connectivity index (χ0v) is 15.2. The summed E-state index contributed by atoms with van der Waals surface area (Å²) in [6, 6.07) is 8.03. The molecule has 0 fully saturated rings. The monoisotopic (exact) mass is 350 g/mol. The highest BCUT2D eigenvalue weighted by Gasteiger charge is 2.19. The first-order valence-electron chi connectivity index (χ1n) is 8.71. The van der Waals surface area contributed by atoms with Crippen LogP contribution in [0.25, 0.3) is 10.9 Å². The van der Waals surface area contributed by atoms with Gasteiger partial charge in [-0.15, -0.1) is 0 Å². The molecule has 3 aromatic rings. The molecule has 0 unspecified atom stereocenters. The Kier molecular flexibility index (Phi) is 4.03. The first-order valence-corrected chi connectivity index (χ1v) is 8.71. The number of nitrogens with zero attached hydrogens (tertiary/aromatic N) is 3. The van der Waals surface area contributed by atoms with Gasteiger partial charge < -0.3 is 19.5 Å². The number of aromatic nitrogens is 2. The Bertz CT molecular complexity index is 991. The number of amides is 1. The van der Waals surface area contributed by atoms with E-state index in [1.165, 1.54) is 5.56 Å². The SMILES string of the molecule is Cc1ccc2c(c1Nc1nccc3c1ccn3CC(=O)N(C)C)CCO2. The number of carbonyl (C=O) groups is 1. The highest BCUT2D eigenvalue weighted by molar-refractivity contribution is 5.93. The molecule has 6 heteroatoms. The van der Waals surface area contributed by atoms with Gasteiger partial charge in [0.1, 0.15) is 18.1 Å². The minimum absolute atomic E-state index is 0.0580. The standard InChI is InChI=1S/C20H22N4O2/c1-13-4-5-17-15(8-11-26-17)19(13)22-20-14-7-10-24(12-18(25)23(2)3)16(14)6-9-21-20/h4-7,9-10H,8,11-12H2,1-3H3,(H,21,22). The smallest absolute Gasteiger partial charge is 0.241 e. The lowest BCUT2D eigenvalue weighted by Gasteiger charge is -2.14. The van der Waals surface area contributed by atoms with Crippen LogP contribution in [0.3, 0.4) is 0 Å². The van der Waals surface area contributed by atoms with Gasteiger partial charge in [0.15, 0.2) is 0 Å². The van der Waals surface area contributed by atoms with E-state index in [-0.39, 0.29) is 5.91 Å². The molecule has 0 bridgehead atoms. The van der Waals surface area contributed by atoms with Crippen LogP contribution in [-0.2, 0) is 17.8 Å². The van der Waals surface area contributed by atoms with Crippen molar-refractivity contribution in [1.29, 1.82) is 0 Å². The third kappa shape index (κ3) is 2.77. The van der Waals surface area contributed by atoms with Crippen molar-refractivity contribution in [3.8, 4) is 5.75 Å². The molecule has 3 heterocycles. The van der Waals surface area contributed by atoms with Gasteiger partial charge in [-0.3, -0.25) is 4.79 Å². The van der Waals surface area contributed by atoms with Crippen LogP contribution in [-0.4, -0.2) is 41.1 Å². The van der Waals surface area contributed by atoms with Gasteiger partial charge in [0.25, 0.3) is 0 Å². The Morgan fingerprint density at radius 3 is 2.96 bits per heavy atom. The number of likely N-dealkylation sites (N-methyl/N-ethyl adjacent to an activating group) is 1. The Hall–Kier alpha value is -3.02. The van der Waals surface area contributed by atoms with E-state index < -0.39 is 0 Å². The average Bonchev–Trinajstić information content (AvgIpc) is 3.25. The summed E-state index contributed by atoms with van der Waals surface area (Å²) in [7, 11) is 3.53. The number of hydrogen-bond acceptors (Lipinski definition) is 4. The van der Waals surface area contributed by atoms with Gasteiger partial charge in [-0.1, -0.05) is 6.07 Å². The second-order valence-electron chi connectivity index (χ2n) is 6.78. The number of aryl methyl sites for hydroxylation is 1. The number of ether oxygens (including phenoxy) is 1. The molecule has 0 saturated heterocycles. The van der Waals surface area contributed by atoms with Crippen LogP contribution in [0.1, 0.15) is 11.1 Å². The highest BCUT2D eigenvalue weighted by Crippen LogP contribution is 2.36. The maximum Gasteiger partial charge on any atom is 0.241 e. The molecule has 2 aromatic heterocycles. The average molecular weight is 350 g/mol. The number of carbonyl (C=O) groups excluding carboxylic acids is 1. The van der Waals surface area contributed by atoms with Gasteiger partial charge in [-0.05, 0) is 30.7 Å². The third-order valence-corrected chi connectivity index (χ3v) is 4.83. The van der Waals surface area contributed by atoms with Crippen molar-refractivity contribution in [1.82, 2.24) is 14.5 Å². The van der Waals surface area contributed by atoms with E-state index in [0.29, 0.717) is 13.2 Å². The molecule has 0 aliphatic carbocycles. The third-order valence-electron chi connectivity index (χ3n) is 4.83. The summed E-state index contributed by atoms with van der Waals surface area (Å²) in [6.07, 6.45) is 4.61. The second-order valence-corrected chi connectivity index (χ2v) is 6.78. The van der Waals surface area contributed by atoms with Crippen LogP contribution in [0.5, 0.6) is 5.75 Å². The fraction of sp³-hybridized carbons (Fsp3) is 0.300. The molecule has 0 saturated carbocycles. The van der Waals surface area contributed by atoms with Crippen LogP contribution >= 0.6 is 0 Å². The fourth-order valence-corrected chi connectivity index (χ4v) is 3.33. The summed E-state index contributed by atoms with van der Waals surface area (Å²) >= 11 is 0. The van der Waals surface area contributed by atoms with E-state index in [1.54, 1.807) is 25.2 Å². The molecule has 1 aliphatic rings. The largest absolute Gasteiger partial charge is 0.493 e. The lowest BCUT2D eigenvalue weighted by molar-refractivity contribution is -0.129. The number of rotatable bonds is 4. The van der Waals surface area contributed by atoms with E-state index in [4.69, 9.17) is 4.74 Å². The van der Waals surface area contributed by atoms with Crippen molar-refractivity contribution in [2.24, 2.45) is 0 Å². The van der Waals surface area contributed by atoms with Gasteiger partial charge in [0.05, 0.1) is 12.1 Å². The van der Waals surface area contributed by atoms with Crippen molar-refractivity contribution in [2.45, 2.75) is 19.9 Å². The van der Waals surface area contributed by atoms with Gasteiger partial charge in [-0.25, -0.2) is 4.98 Å². The molecule has 6 nitrogen and oxygen atoms in total. The summed E-state index contributed by atoms with van der Waals surface area (Å²) in [5.41, 5.74) is 4.41. The summed E-state index contributed by atoms with van der Waals surface area (Å²) in [5.74, 6) is 1.80. The van der Waals surface area contributed by atoms with Gasteiger partial charge >= 0.3 is 0 Å². The van der Waals surface area contributed by atoms with Crippen LogP contribution in [0.15, 0.2) is 36.7 Å². The number of pyridine rings is 1. The molecule has 1 aliphatic heterocycles. The van der Waals surface area contributed by atoms with Crippen molar-refractivity contribution < 1.29 is 9.53 Å². The minimum Gasteiger partial charge on any atom is -0.493 e. The first kappa shape index (κ1) is 16.4. The maximum absolute atomic E-state index is 12.1. The number of hydrogen-bond donors (Lipinski definition) is 1. The maximum atomic E-state index is 12.1. The van der Waals surface area contributed by atoms with Gasteiger partial charge in [-0.2, -0.15) is 0 Å². The van der Waals surface area contributed by atoms with Crippen LogP contribution < -0.4 is 10.1 Å². The fourth-order valence-electron chi connectivity index (χ4n) is 3.33. The molecule has 4 rings (SSSR count).